The van der Waals surface area contributed by atoms with Gasteiger partial charge in [-0.15, -0.1) is 0 Å². The first-order chi connectivity index (χ1) is 6.45. The van der Waals surface area contributed by atoms with Crippen LogP contribution in [0.15, 0.2) is 47.2 Å². The maximum Gasteiger partial charge on any atom is 0.153 e. The molecule has 1 heterocycles. The summed E-state index contributed by atoms with van der Waals surface area (Å²) < 4.78 is 5.33. The Kier molecular flexibility index (Phi) is 1.19. The lowest BCUT2D eigenvalue weighted by atomic mass is 10.2. The fourth-order valence-corrected chi connectivity index (χ4v) is 1.61. The lowest BCUT2D eigenvalue weighted by Gasteiger charge is -1.94. The molecule has 1 aromatic rings. The van der Waals surface area contributed by atoms with E-state index in [9.17, 15) is 0 Å². The monoisotopic (exact) mass is 169 g/mol. The van der Waals surface area contributed by atoms with E-state index in [2.05, 4.69) is 17.1 Å². The molecular formula is C11H7NO. The highest BCUT2D eigenvalue weighted by Crippen LogP contribution is 2.31. The summed E-state index contributed by atoms with van der Waals surface area (Å²) in [5, 5.41) is 2.34. The third-order valence-electron chi connectivity index (χ3n) is 2.20. The molecule has 2 aliphatic rings. The Morgan fingerprint density at radius 1 is 1.15 bits per heavy atom. The minimum absolute atomic E-state index is 0.851. The summed E-state index contributed by atoms with van der Waals surface area (Å²) in [7, 11) is 0. The molecule has 3 rings (SSSR count). The first-order valence-corrected chi connectivity index (χ1v) is 4.16. The maximum atomic E-state index is 5.33. The third-order valence-corrected chi connectivity index (χ3v) is 2.20. The van der Waals surface area contributed by atoms with E-state index in [1.807, 2.05) is 18.2 Å². The Morgan fingerprint density at radius 2 is 2.08 bits per heavy atom. The zero-order valence-electron chi connectivity index (χ0n) is 6.90. The molecule has 0 spiro atoms. The van der Waals surface area contributed by atoms with Gasteiger partial charge in [0.1, 0.15) is 12.0 Å². The summed E-state index contributed by atoms with van der Waals surface area (Å²) in [6.07, 6.45) is 3.27. The summed E-state index contributed by atoms with van der Waals surface area (Å²) in [6, 6.07) is 10.2. The van der Waals surface area contributed by atoms with E-state index in [4.69, 9.17) is 4.42 Å². The molecule has 0 amide bonds. The van der Waals surface area contributed by atoms with Gasteiger partial charge in [0.2, 0.25) is 0 Å². The van der Waals surface area contributed by atoms with Crippen molar-refractivity contribution in [3.05, 3.63) is 42.8 Å². The maximum absolute atomic E-state index is 5.33. The van der Waals surface area contributed by atoms with E-state index in [0.717, 1.165) is 16.8 Å². The Balaban J connectivity index is 2.56. The molecule has 13 heavy (non-hydrogen) atoms. The second-order valence-electron chi connectivity index (χ2n) is 2.98. The van der Waals surface area contributed by atoms with E-state index in [-0.39, 0.29) is 0 Å². The Labute approximate surface area is 75.2 Å². The predicted molar refractivity (Wildman–Crippen MR) is 50.6 cm³/mol. The largest absolute Gasteiger partial charge is 0.461 e. The van der Waals surface area contributed by atoms with Crippen molar-refractivity contribution < 1.29 is 4.42 Å². The first kappa shape index (κ1) is 6.66. The molecule has 1 aromatic carbocycles. The Morgan fingerprint density at radius 3 is 3.08 bits per heavy atom. The standard InChI is InChI=1S/C11H7NO/c1-2-4-9-8(3-1)7-10-11(9)12-5-6-13-10/h1-7H. The van der Waals surface area contributed by atoms with Crippen molar-refractivity contribution in [3.63, 3.8) is 0 Å². The van der Waals surface area contributed by atoms with Crippen LogP contribution in [-0.4, -0.2) is 4.98 Å². The normalized spacial score (nSPS) is 11.1. The zero-order chi connectivity index (χ0) is 8.67. The van der Waals surface area contributed by atoms with Crippen LogP contribution in [0.2, 0.25) is 0 Å². The van der Waals surface area contributed by atoms with Crippen molar-refractivity contribution in [3.8, 4) is 11.5 Å². The molecule has 0 atom stereocenters. The van der Waals surface area contributed by atoms with Gasteiger partial charge < -0.3 is 4.42 Å². The van der Waals surface area contributed by atoms with E-state index >= 15 is 0 Å². The average molecular weight is 169 g/mol. The van der Waals surface area contributed by atoms with Crippen molar-refractivity contribution in [2.24, 2.45) is 0 Å². The Hall–Kier alpha value is -1.83. The summed E-state index contributed by atoms with van der Waals surface area (Å²) in [4.78, 5) is 4.28. The molecule has 1 aliphatic carbocycles. The molecule has 1 aliphatic heterocycles. The van der Waals surface area contributed by atoms with E-state index in [1.54, 1.807) is 12.5 Å². The van der Waals surface area contributed by atoms with Gasteiger partial charge in [-0.3, -0.25) is 0 Å². The molecular weight excluding hydrogens is 162 g/mol. The molecule has 0 fully saturated rings. The van der Waals surface area contributed by atoms with Crippen LogP contribution >= 0.6 is 0 Å². The van der Waals surface area contributed by atoms with E-state index in [1.165, 1.54) is 5.39 Å². The molecule has 0 saturated heterocycles. The summed E-state index contributed by atoms with van der Waals surface area (Å²) >= 11 is 0. The molecule has 0 aromatic heterocycles. The van der Waals surface area contributed by atoms with Crippen LogP contribution in [0.4, 0.5) is 0 Å². The number of hydrogen-bond acceptors (Lipinski definition) is 2. The van der Waals surface area contributed by atoms with Crippen LogP contribution in [0, 0.1) is 0 Å². The third kappa shape index (κ3) is 0.855. The lowest BCUT2D eigenvalue weighted by molar-refractivity contribution is 0.559. The molecule has 0 N–H and O–H groups in total. The highest BCUT2D eigenvalue weighted by molar-refractivity contribution is 5.98. The minimum atomic E-state index is 0.851. The molecule has 0 radical (unpaired) electrons. The molecule has 0 unspecified atom stereocenters. The SMILES string of the molecule is c1ccc2c3nccoc-3cc2c1. The smallest absolute Gasteiger partial charge is 0.153 e. The van der Waals surface area contributed by atoms with Crippen LogP contribution in [0.25, 0.3) is 22.2 Å². The number of fused-ring (bicyclic) bond motifs is 3. The van der Waals surface area contributed by atoms with Gasteiger partial charge in [-0.1, -0.05) is 24.3 Å². The van der Waals surface area contributed by atoms with Crippen molar-refractivity contribution in [2.45, 2.75) is 0 Å². The minimum Gasteiger partial charge on any atom is -0.461 e. The van der Waals surface area contributed by atoms with Gasteiger partial charge in [0.05, 0.1) is 6.20 Å². The van der Waals surface area contributed by atoms with E-state index < -0.39 is 0 Å². The number of aromatic nitrogens is 1. The fourth-order valence-electron chi connectivity index (χ4n) is 1.61. The zero-order valence-corrected chi connectivity index (χ0v) is 6.90. The topological polar surface area (TPSA) is 26.0 Å². The van der Waals surface area contributed by atoms with Crippen molar-refractivity contribution >= 4 is 10.8 Å². The van der Waals surface area contributed by atoms with Gasteiger partial charge in [-0.25, -0.2) is 4.98 Å². The molecule has 2 heteroatoms. The Bertz CT molecular complexity index is 527. The van der Waals surface area contributed by atoms with Crippen LogP contribution < -0.4 is 0 Å². The number of benzene rings is 1. The summed E-state index contributed by atoms with van der Waals surface area (Å²) in [5.74, 6) is 0.851. The second kappa shape index (κ2) is 2.33. The molecule has 62 valence electrons. The molecule has 2 nitrogen and oxygen atoms in total. The van der Waals surface area contributed by atoms with Crippen molar-refractivity contribution in [2.75, 3.05) is 0 Å². The van der Waals surface area contributed by atoms with Crippen LogP contribution in [0.3, 0.4) is 0 Å². The first-order valence-electron chi connectivity index (χ1n) is 4.16. The quantitative estimate of drug-likeness (QED) is 0.517. The van der Waals surface area contributed by atoms with Gasteiger partial charge in [0.25, 0.3) is 0 Å². The lowest BCUT2D eigenvalue weighted by Crippen LogP contribution is -1.77. The highest BCUT2D eigenvalue weighted by atomic mass is 16.3. The van der Waals surface area contributed by atoms with Gasteiger partial charge in [0.15, 0.2) is 5.76 Å². The van der Waals surface area contributed by atoms with Crippen molar-refractivity contribution in [1.29, 1.82) is 0 Å². The number of rotatable bonds is 0. The van der Waals surface area contributed by atoms with Gasteiger partial charge in [-0.05, 0) is 11.5 Å². The van der Waals surface area contributed by atoms with Gasteiger partial charge >= 0.3 is 0 Å². The summed E-state index contributed by atoms with van der Waals surface area (Å²) in [6.45, 7) is 0. The predicted octanol–water partition coefficient (Wildman–Crippen LogP) is 2.93. The van der Waals surface area contributed by atoms with Crippen LogP contribution in [-0.2, 0) is 0 Å². The second-order valence-corrected chi connectivity index (χ2v) is 2.98. The van der Waals surface area contributed by atoms with Crippen molar-refractivity contribution in [1.82, 2.24) is 4.98 Å². The van der Waals surface area contributed by atoms with Gasteiger partial charge in [0, 0.05) is 5.39 Å². The average Bonchev–Trinajstić information content (AvgIpc) is 2.56. The molecule has 0 saturated carbocycles. The van der Waals surface area contributed by atoms with Crippen LogP contribution in [0.1, 0.15) is 0 Å². The molecule has 0 bridgehead atoms. The number of hydrogen-bond donors (Lipinski definition) is 0. The fraction of sp³-hybridized carbons (Fsp3) is 0. The number of nitrogens with zero attached hydrogens (tertiary/aromatic N) is 1. The van der Waals surface area contributed by atoms with Gasteiger partial charge in [-0.2, -0.15) is 0 Å². The highest BCUT2D eigenvalue weighted by Gasteiger charge is 2.11. The van der Waals surface area contributed by atoms with E-state index in [0.29, 0.717) is 0 Å². The summed E-state index contributed by atoms with van der Waals surface area (Å²) in [5.41, 5.74) is 0.943. The van der Waals surface area contributed by atoms with Crippen LogP contribution in [0.5, 0.6) is 0 Å².